The predicted molar refractivity (Wildman–Crippen MR) is 83.1 cm³/mol. The van der Waals surface area contributed by atoms with E-state index < -0.39 is 5.82 Å². The van der Waals surface area contributed by atoms with Crippen LogP contribution in [0.4, 0.5) is 4.39 Å². The third-order valence-electron chi connectivity index (χ3n) is 2.82. The summed E-state index contributed by atoms with van der Waals surface area (Å²) in [5, 5.41) is 11.3. The number of ether oxygens (including phenoxy) is 2. The Morgan fingerprint density at radius 1 is 1.25 bits per heavy atom. The van der Waals surface area contributed by atoms with Crippen molar-refractivity contribution in [3.05, 3.63) is 53.7 Å². The molecule has 0 radical (unpaired) electrons. The van der Waals surface area contributed by atoms with E-state index in [1.807, 2.05) is 0 Å². The fourth-order valence-electron chi connectivity index (χ4n) is 1.75. The maximum absolute atomic E-state index is 13.7. The van der Waals surface area contributed by atoms with Crippen LogP contribution in [0.1, 0.15) is 5.56 Å². The van der Waals surface area contributed by atoms with Crippen LogP contribution in [0.25, 0.3) is 0 Å². The summed E-state index contributed by atoms with van der Waals surface area (Å²) < 4.78 is 25.8. The summed E-state index contributed by atoms with van der Waals surface area (Å²) in [5.74, 6) is -0.407. The van der Waals surface area contributed by atoms with Crippen LogP contribution in [0.5, 0.6) is 17.4 Å². The molecule has 10 heteroatoms. The number of rotatable bonds is 5. The Morgan fingerprint density at radius 3 is 2.79 bits per heavy atom. The molecule has 0 N–H and O–H groups in total. The zero-order valence-electron chi connectivity index (χ0n) is 12.3. The Kier molecular flexibility index (Phi) is 4.62. The number of hydrogen-bond acceptors (Lipinski definition) is 7. The van der Waals surface area contributed by atoms with Gasteiger partial charge in [0.05, 0.1) is 19.5 Å². The highest BCUT2D eigenvalue weighted by atomic mass is 35.5. The van der Waals surface area contributed by atoms with Crippen molar-refractivity contribution < 1.29 is 13.9 Å². The first-order valence-electron chi connectivity index (χ1n) is 6.58. The van der Waals surface area contributed by atoms with Gasteiger partial charge in [0, 0.05) is 0 Å². The van der Waals surface area contributed by atoms with Crippen LogP contribution in [0.3, 0.4) is 0 Å². The maximum Gasteiger partial charge on any atom is 0.260 e. The van der Waals surface area contributed by atoms with Crippen molar-refractivity contribution in [2.75, 3.05) is 7.11 Å². The lowest BCUT2D eigenvalue weighted by Gasteiger charge is -2.10. The molecule has 0 bridgehead atoms. The summed E-state index contributed by atoms with van der Waals surface area (Å²) in [6, 6.07) is 5.02. The molecule has 0 aliphatic heterocycles. The minimum Gasteiger partial charge on any atom is -0.493 e. The number of methoxy groups -OCH3 is 1. The second-order valence-electron chi connectivity index (χ2n) is 4.39. The first kappa shape index (κ1) is 15.8. The van der Waals surface area contributed by atoms with Crippen molar-refractivity contribution in [1.82, 2.24) is 24.8 Å². The lowest BCUT2D eigenvalue weighted by Crippen LogP contribution is -1.97. The third-order valence-corrected chi connectivity index (χ3v) is 3.01. The molecule has 0 saturated heterocycles. The minimum atomic E-state index is -0.745. The second-order valence-corrected chi connectivity index (χ2v) is 4.73. The zero-order valence-corrected chi connectivity index (χ0v) is 13.1. The monoisotopic (exact) mass is 348 g/mol. The van der Waals surface area contributed by atoms with Gasteiger partial charge in [-0.15, -0.1) is 10.2 Å². The Bertz CT molecular complexity index is 872. The average molecular weight is 349 g/mol. The molecule has 0 amide bonds. The first-order valence-corrected chi connectivity index (χ1v) is 6.96. The predicted octanol–water partition coefficient (Wildman–Crippen LogP) is 2.54. The van der Waals surface area contributed by atoms with Gasteiger partial charge in [0.15, 0.2) is 11.5 Å². The Balaban J connectivity index is 1.90. The fourth-order valence-corrected chi connectivity index (χ4v) is 1.87. The molecule has 0 spiro atoms. The molecule has 3 aromatic rings. The lowest BCUT2D eigenvalue weighted by molar-refractivity contribution is 0.363. The molecule has 2 aromatic heterocycles. The van der Waals surface area contributed by atoms with Crippen molar-refractivity contribution in [2.24, 2.45) is 5.10 Å². The molecule has 0 unspecified atom stereocenters. The van der Waals surface area contributed by atoms with Crippen LogP contribution in [-0.2, 0) is 0 Å². The van der Waals surface area contributed by atoms with Gasteiger partial charge in [0.25, 0.3) is 5.88 Å². The van der Waals surface area contributed by atoms with E-state index in [-0.39, 0.29) is 16.9 Å². The summed E-state index contributed by atoms with van der Waals surface area (Å²) in [5.41, 5.74) is 0.681. The van der Waals surface area contributed by atoms with Gasteiger partial charge in [-0.25, -0.2) is 9.66 Å². The van der Waals surface area contributed by atoms with Gasteiger partial charge < -0.3 is 9.47 Å². The molecule has 2 heterocycles. The smallest absolute Gasteiger partial charge is 0.260 e. The van der Waals surface area contributed by atoms with Crippen LogP contribution in [-0.4, -0.2) is 38.2 Å². The van der Waals surface area contributed by atoms with Gasteiger partial charge in [-0.1, -0.05) is 0 Å². The Labute approximate surface area is 140 Å². The van der Waals surface area contributed by atoms with Crippen LogP contribution in [0, 0.1) is 5.82 Å². The zero-order chi connectivity index (χ0) is 16.9. The summed E-state index contributed by atoms with van der Waals surface area (Å²) in [4.78, 5) is 7.24. The average Bonchev–Trinajstić information content (AvgIpc) is 3.10. The third kappa shape index (κ3) is 3.63. The molecule has 3 rings (SSSR count). The van der Waals surface area contributed by atoms with Gasteiger partial charge in [0.1, 0.15) is 12.7 Å². The highest BCUT2D eigenvalue weighted by molar-refractivity contribution is 6.28. The van der Waals surface area contributed by atoms with E-state index in [4.69, 9.17) is 21.1 Å². The van der Waals surface area contributed by atoms with E-state index in [0.717, 1.165) is 6.20 Å². The molecule has 24 heavy (non-hydrogen) atoms. The lowest BCUT2D eigenvalue weighted by atomic mass is 10.2. The van der Waals surface area contributed by atoms with Crippen LogP contribution >= 0.6 is 11.6 Å². The quantitative estimate of drug-likeness (QED) is 0.520. The van der Waals surface area contributed by atoms with Crippen molar-refractivity contribution in [2.45, 2.75) is 0 Å². The standard InChI is InChI=1S/C14H10ClFN6O2/c1-23-11-3-2-9(5-20-22-7-18-19-8-22)4-12(11)24-13-10(16)6-17-14(15)21-13/h2-8H,1H3/b20-5+. The van der Waals surface area contributed by atoms with E-state index in [2.05, 4.69) is 25.3 Å². The van der Waals surface area contributed by atoms with E-state index in [0.29, 0.717) is 11.3 Å². The largest absolute Gasteiger partial charge is 0.493 e. The summed E-state index contributed by atoms with van der Waals surface area (Å²) in [6.45, 7) is 0. The molecular weight excluding hydrogens is 339 g/mol. The topological polar surface area (TPSA) is 87.3 Å². The Morgan fingerprint density at radius 2 is 2.04 bits per heavy atom. The van der Waals surface area contributed by atoms with Crippen molar-refractivity contribution >= 4 is 17.8 Å². The first-order chi connectivity index (χ1) is 11.7. The molecule has 0 saturated carbocycles. The van der Waals surface area contributed by atoms with E-state index in [1.165, 1.54) is 24.4 Å². The molecule has 0 fully saturated rings. The number of aromatic nitrogens is 5. The SMILES string of the molecule is COc1ccc(/C=N/n2cnnc2)cc1Oc1nc(Cl)ncc1F. The van der Waals surface area contributed by atoms with E-state index in [9.17, 15) is 4.39 Å². The molecular formula is C14H10ClFN6O2. The molecule has 0 aliphatic rings. The van der Waals surface area contributed by atoms with Gasteiger partial charge in [-0.3, -0.25) is 0 Å². The summed E-state index contributed by atoms with van der Waals surface area (Å²) >= 11 is 5.66. The second kappa shape index (κ2) is 7.01. The van der Waals surface area contributed by atoms with Crippen LogP contribution < -0.4 is 9.47 Å². The number of benzene rings is 1. The van der Waals surface area contributed by atoms with Gasteiger partial charge in [-0.05, 0) is 35.4 Å². The molecule has 0 atom stereocenters. The minimum absolute atomic E-state index is 0.129. The maximum atomic E-state index is 13.7. The highest BCUT2D eigenvalue weighted by Gasteiger charge is 2.12. The van der Waals surface area contributed by atoms with Crippen LogP contribution in [0.15, 0.2) is 42.2 Å². The van der Waals surface area contributed by atoms with Gasteiger partial charge >= 0.3 is 0 Å². The highest BCUT2D eigenvalue weighted by Crippen LogP contribution is 2.32. The molecule has 0 aliphatic carbocycles. The normalized spacial score (nSPS) is 11.0. The van der Waals surface area contributed by atoms with Crippen LogP contribution in [0.2, 0.25) is 5.28 Å². The molecule has 1 aromatic carbocycles. The molecule has 8 nitrogen and oxygen atoms in total. The summed E-state index contributed by atoms with van der Waals surface area (Å²) in [6.07, 6.45) is 5.36. The summed E-state index contributed by atoms with van der Waals surface area (Å²) in [7, 11) is 1.47. The van der Waals surface area contributed by atoms with Gasteiger partial charge in [0.2, 0.25) is 11.1 Å². The molecule has 122 valence electrons. The number of halogens is 2. The number of nitrogens with zero attached hydrogens (tertiary/aromatic N) is 6. The Hall–Kier alpha value is -3.07. The number of hydrogen-bond donors (Lipinski definition) is 0. The van der Waals surface area contributed by atoms with Crippen molar-refractivity contribution in [3.63, 3.8) is 0 Å². The van der Waals surface area contributed by atoms with Crippen molar-refractivity contribution in [3.8, 4) is 17.4 Å². The fraction of sp³-hybridized carbons (Fsp3) is 0.0714. The van der Waals surface area contributed by atoms with Crippen molar-refractivity contribution in [1.29, 1.82) is 0 Å². The van der Waals surface area contributed by atoms with E-state index in [1.54, 1.807) is 24.4 Å². The van der Waals surface area contributed by atoms with Gasteiger partial charge in [-0.2, -0.15) is 14.5 Å². The van der Waals surface area contributed by atoms with E-state index >= 15 is 0 Å².